The van der Waals surface area contributed by atoms with Crippen molar-refractivity contribution in [3.05, 3.63) is 59.7 Å². The summed E-state index contributed by atoms with van der Waals surface area (Å²) < 4.78 is 5.97. The summed E-state index contributed by atoms with van der Waals surface area (Å²) >= 11 is 0. The van der Waals surface area contributed by atoms with E-state index in [1.54, 1.807) is 12.1 Å². The van der Waals surface area contributed by atoms with Crippen LogP contribution in [0.25, 0.3) is 0 Å². The van der Waals surface area contributed by atoms with E-state index in [0.717, 1.165) is 36.7 Å². The van der Waals surface area contributed by atoms with Gasteiger partial charge in [0, 0.05) is 13.0 Å². The van der Waals surface area contributed by atoms with Crippen LogP contribution in [-0.4, -0.2) is 42.1 Å². The molecular formula is C24H31N3O2. The third kappa shape index (κ3) is 4.91. The van der Waals surface area contributed by atoms with Crippen molar-refractivity contribution in [2.24, 2.45) is 4.99 Å². The Morgan fingerprint density at radius 3 is 2.38 bits per heavy atom. The van der Waals surface area contributed by atoms with E-state index in [4.69, 9.17) is 9.73 Å². The predicted molar refractivity (Wildman–Crippen MR) is 117 cm³/mol. The quantitative estimate of drug-likeness (QED) is 0.730. The number of amidine groups is 1. The number of ether oxygens (including phenoxy) is 1. The fourth-order valence-electron chi connectivity index (χ4n) is 4.18. The monoisotopic (exact) mass is 393 g/mol. The van der Waals surface area contributed by atoms with E-state index in [0.29, 0.717) is 0 Å². The molecule has 0 amide bonds. The lowest BCUT2D eigenvalue weighted by Crippen LogP contribution is -2.33. The molecule has 2 aliphatic heterocycles. The van der Waals surface area contributed by atoms with E-state index >= 15 is 0 Å². The van der Waals surface area contributed by atoms with Crippen LogP contribution in [-0.2, 0) is 0 Å². The molecule has 2 aliphatic rings. The minimum Gasteiger partial charge on any atom is -0.508 e. The van der Waals surface area contributed by atoms with Crippen LogP contribution in [0.5, 0.6) is 11.5 Å². The minimum absolute atomic E-state index is 0.0249. The molecule has 5 nitrogen and oxygen atoms in total. The van der Waals surface area contributed by atoms with E-state index in [1.807, 2.05) is 12.1 Å². The lowest BCUT2D eigenvalue weighted by Gasteiger charge is -2.26. The Hall–Kier alpha value is -2.53. The molecule has 29 heavy (non-hydrogen) atoms. The second-order valence-electron chi connectivity index (χ2n) is 7.91. The molecular weight excluding hydrogens is 362 g/mol. The standard InChI is InChI=1S/C24H31N3O2/c1-2-22-25-23(18-6-10-20(28)11-7-18)24(26-22)19-8-12-21(13-9-19)29-17-16-27-14-4-3-5-15-27/h6-13,23-24,28H,2-5,14-17H2,1H3,(H,25,26). The van der Waals surface area contributed by atoms with Crippen molar-refractivity contribution in [3.8, 4) is 11.5 Å². The van der Waals surface area contributed by atoms with Crippen molar-refractivity contribution in [3.63, 3.8) is 0 Å². The maximum Gasteiger partial charge on any atom is 0.119 e. The maximum absolute atomic E-state index is 9.60. The van der Waals surface area contributed by atoms with Crippen molar-refractivity contribution < 1.29 is 9.84 Å². The maximum atomic E-state index is 9.60. The molecule has 5 heteroatoms. The summed E-state index contributed by atoms with van der Waals surface area (Å²) in [6.07, 6.45) is 4.87. The van der Waals surface area contributed by atoms with Gasteiger partial charge in [0.15, 0.2) is 0 Å². The van der Waals surface area contributed by atoms with E-state index in [9.17, 15) is 5.11 Å². The Balaban J connectivity index is 1.40. The zero-order chi connectivity index (χ0) is 20.1. The molecule has 2 aromatic rings. The largest absolute Gasteiger partial charge is 0.508 e. The molecule has 2 N–H and O–H groups in total. The average Bonchev–Trinajstić information content (AvgIpc) is 3.20. The van der Waals surface area contributed by atoms with Gasteiger partial charge in [-0.1, -0.05) is 37.6 Å². The Labute approximate surface area is 173 Å². The molecule has 0 radical (unpaired) electrons. The molecule has 0 bridgehead atoms. The highest BCUT2D eigenvalue weighted by atomic mass is 16.5. The number of benzene rings is 2. The van der Waals surface area contributed by atoms with Gasteiger partial charge in [-0.15, -0.1) is 0 Å². The van der Waals surface area contributed by atoms with Crippen LogP contribution in [0.15, 0.2) is 53.5 Å². The van der Waals surface area contributed by atoms with Gasteiger partial charge >= 0.3 is 0 Å². The predicted octanol–water partition coefficient (Wildman–Crippen LogP) is 4.45. The number of phenols is 1. The number of aliphatic imine (C=N–C) groups is 1. The second-order valence-corrected chi connectivity index (χ2v) is 7.91. The molecule has 0 saturated carbocycles. The van der Waals surface area contributed by atoms with Gasteiger partial charge in [0.1, 0.15) is 24.1 Å². The van der Waals surface area contributed by atoms with Crippen molar-refractivity contribution in [2.45, 2.75) is 44.7 Å². The van der Waals surface area contributed by atoms with Gasteiger partial charge in [-0.05, 0) is 61.3 Å². The highest BCUT2D eigenvalue weighted by molar-refractivity contribution is 5.84. The number of likely N-dealkylation sites (tertiary alicyclic amines) is 1. The highest BCUT2D eigenvalue weighted by Crippen LogP contribution is 2.37. The molecule has 2 aromatic carbocycles. The number of rotatable bonds is 7. The fraction of sp³-hybridized carbons (Fsp3) is 0.458. The van der Waals surface area contributed by atoms with Crippen LogP contribution in [0.2, 0.25) is 0 Å². The van der Waals surface area contributed by atoms with Crippen LogP contribution in [0.4, 0.5) is 0 Å². The van der Waals surface area contributed by atoms with Gasteiger partial charge in [-0.3, -0.25) is 9.89 Å². The summed E-state index contributed by atoms with van der Waals surface area (Å²) in [5.74, 6) is 2.22. The molecule has 0 spiro atoms. The Morgan fingerprint density at radius 2 is 1.69 bits per heavy atom. The van der Waals surface area contributed by atoms with E-state index in [1.165, 1.54) is 37.9 Å². The summed E-state index contributed by atoms with van der Waals surface area (Å²) in [5.41, 5.74) is 2.30. The first-order valence-corrected chi connectivity index (χ1v) is 10.8. The van der Waals surface area contributed by atoms with Crippen LogP contribution in [0.1, 0.15) is 55.8 Å². The molecule has 4 rings (SSSR count). The van der Waals surface area contributed by atoms with E-state index in [2.05, 4.69) is 41.4 Å². The third-order valence-corrected chi connectivity index (χ3v) is 5.87. The van der Waals surface area contributed by atoms with Gasteiger partial charge in [0.2, 0.25) is 0 Å². The lowest BCUT2D eigenvalue weighted by atomic mass is 9.95. The minimum atomic E-state index is 0.0249. The molecule has 0 aliphatic carbocycles. The first kappa shape index (κ1) is 19.8. The van der Waals surface area contributed by atoms with Crippen molar-refractivity contribution in [2.75, 3.05) is 26.2 Å². The van der Waals surface area contributed by atoms with Gasteiger partial charge < -0.3 is 15.2 Å². The van der Waals surface area contributed by atoms with Crippen molar-refractivity contribution >= 4 is 5.84 Å². The number of aromatic hydroxyl groups is 1. The number of phenolic OH excluding ortho intramolecular Hbond substituents is 1. The average molecular weight is 394 g/mol. The molecule has 0 aromatic heterocycles. The highest BCUT2D eigenvalue weighted by Gasteiger charge is 2.30. The molecule has 154 valence electrons. The molecule has 1 fully saturated rings. The van der Waals surface area contributed by atoms with Crippen molar-refractivity contribution in [1.29, 1.82) is 0 Å². The van der Waals surface area contributed by atoms with Crippen LogP contribution < -0.4 is 10.1 Å². The SMILES string of the molecule is CCC1=NC(c2ccc(OCCN3CCCCC3)cc2)C(c2ccc(O)cc2)N1. The number of piperidine rings is 1. The van der Waals surface area contributed by atoms with Crippen LogP contribution in [0, 0.1) is 0 Å². The molecule has 2 unspecified atom stereocenters. The summed E-state index contributed by atoms with van der Waals surface area (Å²) in [7, 11) is 0. The zero-order valence-corrected chi connectivity index (χ0v) is 17.2. The van der Waals surface area contributed by atoms with Crippen LogP contribution >= 0.6 is 0 Å². The summed E-state index contributed by atoms with van der Waals surface area (Å²) in [6.45, 7) is 6.25. The van der Waals surface area contributed by atoms with Crippen LogP contribution in [0.3, 0.4) is 0 Å². The Morgan fingerprint density at radius 1 is 1.00 bits per heavy atom. The number of nitrogens with one attached hydrogen (secondary N) is 1. The second kappa shape index (κ2) is 9.31. The topological polar surface area (TPSA) is 57.1 Å². The summed E-state index contributed by atoms with van der Waals surface area (Å²) in [4.78, 5) is 7.40. The van der Waals surface area contributed by atoms with Gasteiger partial charge in [0.05, 0.1) is 11.9 Å². The van der Waals surface area contributed by atoms with Gasteiger partial charge in [-0.25, -0.2) is 0 Å². The van der Waals surface area contributed by atoms with E-state index in [-0.39, 0.29) is 17.8 Å². The summed E-state index contributed by atoms with van der Waals surface area (Å²) in [6, 6.07) is 15.9. The van der Waals surface area contributed by atoms with Gasteiger partial charge in [-0.2, -0.15) is 0 Å². The molecule has 1 saturated heterocycles. The first-order valence-electron chi connectivity index (χ1n) is 10.8. The first-order chi connectivity index (χ1) is 14.2. The molecule has 2 atom stereocenters. The number of nitrogens with zero attached hydrogens (tertiary/aromatic N) is 2. The zero-order valence-electron chi connectivity index (χ0n) is 17.2. The number of hydrogen-bond donors (Lipinski definition) is 2. The molecule has 2 heterocycles. The fourth-order valence-corrected chi connectivity index (χ4v) is 4.18. The Bertz CT molecular complexity index is 811. The number of hydrogen-bond acceptors (Lipinski definition) is 5. The Kier molecular flexibility index (Phi) is 6.35. The lowest BCUT2D eigenvalue weighted by molar-refractivity contribution is 0.183. The van der Waals surface area contributed by atoms with E-state index < -0.39 is 0 Å². The smallest absolute Gasteiger partial charge is 0.119 e. The normalized spacial score (nSPS) is 22.2. The summed E-state index contributed by atoms with van der Waals surface area (Å²) in [5, 5.41) is 13.1. The van der Waals surface area contributed by atoms with Gasteiger partial charge in [0.25, 0.3) is 0 Å². The van der Waals surface area contributed by atoms with Crippen molar-refractivity contribution in [1.82, 2.24) is 10.2 Å². The third-order valence-electron chi connectivity index (χ3n) is 5.87.